The van der Waals surface area contributed by atoms with E-state index in [2.05, 4.69) is 11.9 Å². The van der Waals surface area contributed by atoms with Crippen molar-refractivity contribution in [3.8, 4) is 5.75 Å². The van der Waals surface area contributed by atoms with Crippen molar-refractivity contribution in [2.24, 2.45) is 0 Å². The minimum absolute atomic E-state index is 0.0266. The highest BCUT2D eigenvalue weighted by Crippen LogP contribution is 2.22. The van der Waals surface area contributed by atoms with Gasteiger partial charge in [-0.3, -0.25) is 4.79 Å². The van der Waals surface area contributed by atoms with Crippen LogP contribution in [0.1, 0.15) is 18.0 Å². The van der Waals surface area contributed by atoms with Crippen LogP contribution in [0.2, 0.25) is 0 Å². The van der Waals surface area contributed by atoms with Gasteiger partial charge in [0.2, 0.25) is 5.91 Å². The Morgan fingerprint density at radius 1 is 1.11 bits per heavy atom. The number of likely N-dealkylation sites (tertiary alicyclic amines) is 1. The normalized spacial score (nSPS) is 20.1. The Labute approximate surface area is 162 Å². The van der Waals surface area contributed by atoms with Gasteiger partial charge in [-0.2, -0.15) is 0 Å². The number of nitrogens with zero attached hydrogens (tertiary/aromatic N) is 1. The summed E-state index contributed by atoms with van der Waals surface area (Å²) in [5.41, 5.74) is 1.09. The Morgan fingerprint density at radius 3 is 2.29 bits per heavy atom. The smallest absolute Gasteiger partial charge is 0.422 e. The summed E-state index contributed by atoms with van der Waals surface area (Å²) in [6, 6.07) is 18.2. The van der Waals surface area contributed by atoms with Gasteiger partial charge in [-0.1, -0.05) is 54.6 Å². The van der Waals surface area contributed by atoms with Crippen LogP contribution in [0, 0.1) is 0 Å². The molecule has 0 radical (unpaired) electrons. The third-order valence-electron chi connectivity index (χ3n) is 4.28. The number of hydrogen-bond acceptors (Lipinski definition) is 5. The predicted octanol–water partition coefficient (Wildman–Crippen LogP) is 3.44. The number of imide groups is 1. The molecule has 2 atom stereocenters. The van der Waals surface area contributed by atoms with Crippen LogP contribution < -0.4 is 10.1 Å². The highest BCUT2D eigenvalue weighted by Gasteiger charge is 2.40. The van der Waals surface area contributed by atoms with Crippen molar-refractivity contribution >= 4 is 18.1 Å². The Bertz CT molecular complexity index is 854. The summed E-state index contributed by atoms with van der Waals surface area (Å²) in [5, 5.41) is 2.71. The molecule has 0 aromatic heterocycles. The number of ether oxygens (including phenoxy) is 2. The number of amides is 3. The summed E-state index contributed by atoms with van der Waals surface area (Å²) < 4.78 is 9.81. The molecule has 2 aliphatic rings. The van der Waals surface area contributed by atoms with Crippen molar-refractivity contribution in [1.82, 2.24) is 10.2 Å². The number of para-hydroxylation sites is 1. The van der Waals surface area contributed by atoms with E-state index in [9.17, 15) is 14.4 Å². The van der Waals surface area contributed by atoms with Gasteiger partial charge >= 0.3 is 12.2 Å². The van der Waals surface area contributed by atoms with Gasteiger partial charge in [0, 0.05) is 0 Å². The second-order valence-electron chi connectivity index (χ2n) is 6.16. The third kappa shape index (κ3) is 4.56. The molecule has 28 heavy (non-hydrogen) atoms. The molecule has 0 bridgehead atoms. The molecule has 1 N–H and O–H groups in total. The van der Waals surface area contributed by atoms with Crippen LogP contribution in [0.3, 0.4) is 0 Å². The molecule has 2 aliphatic heterocycles. The lowest BCUT2D eigenvalue weighted by atomic mass is 10.0. The number of hydrogen-bond donors (Lipinski definition) is 1. The summed E-state index contributed by atoms with van der Waals surface area (Å²) in [6.45, 7) is 3.99. The Balaban J connectivity index is 0.000000167. The van der Waals surface area contributed by atoms with Crippen LogP contribution in [0.5, 0.6) is 5.75 Å². The monoisotopic (exact) mass is 380 g/mol. The van der Waals surface area contributed by atoms with Crippen molar-refractivity contribution < 1.29 is 23.9 Å². The maximum Gasteiger partial charge on any atom is 0.422 e. The number of β-lactam (4-membered cyclic amide) rings is 1. The summed E-state index contributed by atoms with van der Waals surface area (Å²) in [7, 11) is 0. The second-order valence-corrected chi connectivity index (χ2v) is 6.16. The number of cyclic esters (lactones) is 1. The van der Waals surface area contributed by atoms with Gasteiger partial charge in [0.05, 0.1) is 18.5 Å². The lowest BCUT2D eigenvalue weighted by Gasteiger charge is -2.35. The van der Waals surface area contributed by atoms with Crippen LogP contribution in [-0.2, 0) is 9.53 Å². The molecule has 4 rings (SSSR count). The van der Waals surface area contributed by atoms with E-state index in [1.165, 1.54) is 0 Å². The number of alkyl carbamates (subject to hydrolysis) is 1. The fourth-order valence-electron chi connectivity index (χ4n) is 2.76. The molecule has 0 saturated carbocycles. The van der Waals surface area contributed by atoms with E-state index in [0.717, 1.165) is 10.5 Å². The van der Waals surface area contributed by atoms with Crippen molar-refractivity contribution in [1.29, 1.82) is 0 Å². The van der Waals surface area contributed by atoms with Crippen LogP contribution in [0.4, 0.5) is 9.59 Å². The van der Waals surface area contributed by atoms with Gasteiger partial charge in [0.1, 0.15) is 12.4 Å². The minimum Gasteiger partial charge on any atom is -0.447 e. The van der Waals surface area contributed by atoms with Crippen LogP contribution in [-0.4, -0.2) is 35.6 Å². The first kappa shape index (κ1) is 19.2. The largest absolute Gasteiger partial charge is 0.447 e. The van der Waals surface area contributed by atoms with Crippen molar-refractivity contribution in [2.45, 2.75) is 18.5 Å². The molecule has 3 amide bonds. The Morgan fingerprint density at radius 2 is 1.75 bits per heavy atom. The van der Waals surface area contributed by atoms with Crippen molar-refractivity contribution in [3.05, 3.63) is 78.9 Å². The van der Waals surface area contributed by atoms with Gasteiger partial charge in [-0.25, -0.2) is 14.5 Å². The van der Waals surface area contributed by atoms with Gasteiger partial charge in [0.15, 0.2) is 0 Å². The van der Waals surface area contributed by atoms with E-state index in [4.69, 9.17) is 9.47 Å². The summed E-state index contributed by atoms with van der Waals surface area (Å²) in [6.07, 6.45) is 0.914. The minimum atomic E-state index is -0.646. The highest BCUT2D eigenvalue weighted by molar-refractivity contribution is 5.98. The number of benzene rings is 2. The first-order valence-corrected chi connectivity index (χ1v) is 8.78. The summed E-state index contributed by atoms with van der Waals surface area (Å²) >= 11 is 0. The summed E-state index contributed by atoms with van der Waals surface area (Å²) in [4.78, 5) is 34.6. The van der Waals surface area contributed by atoms with E-state index in [1.54, 1.807) is 30.3 Å². The Hall–Kier alpha value is -3.61. The molecule has 2 fully saturated rings. The number of rotatable bonds is 3. The van der Waals surface area contributed by atoms with Gasteiger partial charge in [-0.15, -0.1) is 6.58 Å². The van der Waals surface area contributed by atoms with E-state index in [1.807, 2.05) is 36.4 Å². The zero-order valence-corrected chi connectivity index (χ0v) is 15.1. The lowest BCUT2D eigenvalue weighted by Crippen LogP contribution is -2.55. The molecule has 2 heterocycles. The van der Waals surface area contributed by atoms with Crippen LogP contribution in [0.15, 0.2) is 73.3 Å². The van der Waals surface area contributed by atoms with Crippen molar-refractivity contribution in [2.75, 3.05) is 6.61 Å². The summed E-state index contributed by atoms with van der Waals surface area (Å²) in [5.74, 6) is 0.195. The molecule has 144 valence electrons. The quantitative estimate of drug-likeness (QED) is 0.651. The second kappa shape index (κ2) is 8.85. The van der Waals surface area contributed by atoms with E-state index < -0.39 is 6.09 Å². The average molecular weight is 380 g/mol. The highest BCUT2D eigenvalue weighted by atomic mass is 16.6. The topological polar surface area (TPSA) is 84.9 Å². The zero-order valence-electron chi connectivity index (χ0n) is 15.1. The van der Waals surface area contributed by atoms with E-state index >= 15 is 0 Å². The van der Waals surface area contributed by atoms with Gasteiger partial charge < -0.3 is 14.8 Å². The third-order valence-corrected chi connectivity index (χ3v) is 4.28. The lowest BCUT2D eigenvalue weighted by molar-refractivity contribution is -0.139. The molecule has 2 aromatic rings. The maximum atomic E-state index is 11.6. The molecular formula is C21H20N2O5. The number of nitrogens with one attached hydrogen (secondary N) is 1. The van der Waals surface area contributed by atoms with E-state index in [-0.39, 0.29) is 24.1 Å². The molecular weight excluding hydrogens is 360 g/mol. The molecule has 2 saturated heterocycles. The molecule has 0 unspecified atom stereocenters. The standard InChI is InChI=1S/C12H11NO3.C9H9NO2/c1-2-9-8-11(14)13(9)12(15)16-10-6-4-3-5-7-10;11-9-10-8(6-12-9)7-4-2-1-3-5-7/h2-7,9H,1,8H2;1-5,8H,6H2,(H,10,11)/t9-;8-/m11/s1. The van der Waals surface area contributed by atoms with Gasteiger partial charge in [-0.05, 0) is 17.7 Å². The zero-order chi connectivity index (χ0) is 19.9. The predicted molar refractivity (Wildman–Crippen MR) is 102 cm³/mol. The van der Waals surface area contributed by atoms with Crippen LogP contribution >= 0.6 is 0 Å². The Kier molecular flexibility index (Phi) is 6.06. The average Bonchev–Trinajstić information content (AvgIpc) is 3.14. The van der Waals surface area contributed by atoms with Crippen LogP contribution in [0.25, 0.3) is 0 Å². The molecule has 0 aliphatic carbocycles. The SMILES string of the molecule is C=C[C@@H]1CC(=O)N1C(=O)Oc1ccccc1.O=C1N[C@@H](c2ccccc2)CO1. The maximum absolute atomic E-state index is 11.6. The first-order valence-electron chi connectivity index (χ1n) is 8.78. The van der Waals surface area contributed by atoms with Crippen molar-refractivity contribution in [3.63, 3.8) is 0 Å². The first-order chi connectivity index (χ1) is 13.6. The van der Waals surface area contributed by atoms with Gasteiger partial charge in [0.25, 0.3) is 0 Å². The molecule has 0 spiro atoms. The molecule has 7 heteroatoms. The fraction of sp³-hybridized carbons (Fsp3) is 0.190. The molecule has 2 aromatic carbocycles. The number of carbonyl (C=O) groups is 3. The fourth-order valence-corrected chi connectivity index (χ4v) is 2.76. The number of carbonyl (C=O) groups excluding carboxylic acids is 3. The molecule has 7 nitrogen and oxygen atoms in total. The van der Waals surface area contributed by atoms with E-state index in [0.29, 0.717) is 18.8 Å².